The molecule has 0 saturated carbocycles. The number of hydrogen-bond acceptors (Lipinski definition) is 2. The molecule has 2 rings (SSSR count). The topological polar surface area (TPSA) is 29.5 Å². The first-order valence-electron chi connectivity index (χ1n) is 5.43. The fraction of sp³-hybridized carbons (Fsp3) is 0.385. The van der Waals surface area contributed by atoms with Crippen LogP contribution in [-0.4, -0.2) is 11.7 Å². The van der Waals surface area contributed by atoms with E-state index in [1.807, 2.05) is 30.3 Å². The van der Waals surface area contributed by atoms with E-state index in [9.17, 15) is 5.11 Å². The first-order chi connectivity index (χ1) is 7.62. The zero-order valence-electron chi connectivity index (χ0n) is 9.24. The van der Waals surface area contributed by atoms with Crippen LogP contribution in [-0.2, 0) is 10.3 Å². The van der Waals surface area contributed by atoms with Gasteiger partial charge in [0.1, 0.15) is 11.4 Å². The predicted molar refractivity (Wildman–Crippen MR) is 67.0 cm³/mol. The maximum Gasteiger partial charge on any atom is 0.144 e. The Balaban J connectivity index is 2.38. The molecule has 0 fully saturated rings. The van der Waals surface area contributed by atoms with Crippen LogP contribution in [0, 0.1) is 0 Å². The largest absolute Gasteiger partial charge is 0.495 e. The standard InChI is InChI=1S/C13H15BrO2/c1-13(15,12-8-4-5-9-16-12)10-6-2-3-7-11(10)14/h2-3,6-8,15H,4-5,9H2,1H3. The zero-order chi connectivity index (χ0) is 11.6. The number of ether oxygens (including phenoxy) is 1. The summed E-state index contributed by atoms with van der Waals surface area (Å²) in [5, 5.41) is 10.6. The van der Waals surface area contributed by atoms with E-state index in [4.69, 9.17) is 4.74 Å². The van der Waals surface area contributed by atoms with Gasteiger partial charge in [0.15, 0.2) is 0 Å². The number of hydrogen-bond donors (Lipinski definition) is 1. The molecule has 0 amide bonds. The van der Waals surface area contributed by atoms with Gasteiger partial charge in [0.25, 0.3) is 0 Å². The average molecular weight is 283 g/mol. The van der Waals surface area contributed by atoms with Crippen molar-refractivity contribution in [2.75, 3.05) is 6.61 Å². The van der Waals surface area contributed by atoms with Crippen molar-refractivity contribution in [3.8, 4) is 0 Å². The summed E-state index contributed by atoms with van der Waals surface area (Å²) in [6.45, 7) is 2.46. The number of halogens is 1. The molecule has 1 aliphatic heterocycles. The summed E-state index contributed by atoms with van der Waals surface area (Å²) in [5.74, 6) is 0.658. The molecule has 1 atom stereocenters. The minimum Gasteiger partial charge on any atom is -0.495 e. The molecule has 0 aliphatic carbocycles. The number of aliphatic hydroxyl groups is 1. The molecule has 86 valence electrons. The third kappa shape index (κ3) is 2.15. The summed E-state index contributed by atoms with van der Waals surface area (Å²) < 4.78 is 6.44. The maximum absolute atomic E-state index is 10.6. The third-order valence-electron chi connectivity index (χ3n) is 2.81. The summed E-state index contributed by atoms with van der Waals surface area (Å²) >= 11 is 3.46. The lowest BCUT2D eigenvalue weighted by atomic mass is 9.92. The SMILES string of the molecule is CC(O)(C1=CCCCO1)c1ccccc1Br. The minimum absolute atomic E-state index is 0.658. The molecule has 1 aromatic rings. The van der Waals surface area contributed by atoms with E-state index in [-0.39, 0.29) is 0 Å². The highest BCUT2D eigenvalue weighted by atomic mass is 79.9. The molecule has 0 aromatic heterocycles. The molecule has 1 unspecified atom stereocenters. The lowest BCUT2D eigenvalue weighted by Gasteiger charge is -2.30. The number of benzene rings is 1. The lowest BCUT2D eigenvalue weighted by molar-refractivity contribution is 0.0145. The van der Waals surface area contributed by atoms with Crippen LogP contribution >= 0.6 is 15.9 Å². The first kappa shape index (κ1) is 11.7. The third-order valence-corrected chi connectivity index (χ3v) is 3.51. The Labute approximate surface area is 104 Å². The minimum atomic E-state index is -1.06. The Kier molecular flexibility index (Phi) is 3.36. The van der Waals surface area contributed by atoms with Gasteiger partial charge in [-0.3, -0.25) is 0 Å². The second-order valence-corrected chi connectivity index (χ2v) is 4.97. The molecule has 1 aliphatic rings. The van der Waals surface area contributed by atoms with Crippen molar-refractivity contribution < 1.29 is 9.84 Å². The Hall–Kier alpha value is -0.800. The van der Waals surface area contributed by atoms with Crippen LogP contribution in [0.25, 0.3) is 0 Å². The van der Waals surface area contributed by atoms with Crippen molar-refractivity contribution in [2.24, 2.45) is 0 Å². The molecule has 0 radical (unpaired) electrons. The first-order valence-corrected chi connectivity index (χ1v) is 6.22. The van der Waals surface area contributed by atoms with Crippen LogP contribution in [0.4, 0.5) is 0 Å². The van der Waals surface area contributed by atoms with E-state index in [0.29, 0.717) is 12.4 Å². The smallest absolute Gasteiger partial charge is 0.144 e. The second kappa shape index (κ2) is 4.60. The monoisotopic (exact) mass is 282 g/mol. The van der Waals surface area contributed by atoms with Gasteiger partial charge in [-0.25, -0.2) is 0 Å². The van der Waals surface area contributed by atoms with E-state index < -0.39 is 5.60 Å². The van der Waals surface area contributed by atoms with Crippen LogP contribution in [0.5, 0.6) is 0 Å². The molecule has 16 heavy (non-hydrogen) atoms. The lowest BCUT2D eigenvalue weighted by Crippen LogP contribution is -2.27. The van der Waals surface area contributed by atoms with E-state index in [2.05, 4.69) is 15.9 Å². The van der Waals surface area contributed by atoms with Gasteiger partial charge in [0, 0.05) is 10.0 Å². The van der Waals surface area contributed by atoms with Crippen molar-refractivity contribution in [1.29, 1.82) is 0 Å². The second-order valence-electron chi connectivity index (χ2n) is 4.11. The number of rotatable bonds is 2. The molecule has 0 bridgehead atoms. The fourth-order valence-corrected chi connectivity index (χ4v) is 2.56. The van der Waals surface area contributed by atoms with Gasteiger partial charge in [-0.05, 0) is 31.9 Å². The summed E-state index contributed by atoms with van der Waals surface area (Å²) in [4.78, 5) is 0. The van der Waals surface area contributed by atoms with E-state index in [0.717, 1.165) is 22.9 Å². The molecule has 2 nitrogen and oxygen atoms in total. The number of allylic oxidation sites excluding steroid dienone is 1. The van der Waals surface area contributed by atoms with Gasteiger partial charge in [0.2, 0.25) is 0 Å². The van der Waals surface area contributed by atoms with Crippen molar-refractivity contribution in [2.45, 2.75) is 25.4 Å². The zero-order valence-corrected chi connectivity index (χ0v) is 10.8. The van der Waals surface area contributed by atoms with Crippen molar-refractivity contribution in [3.05, 3.63) is 46.1 Å². The molecule has 3 heteroatoms. The molecule has 1 heterocycles. The molecular weight excluding hydrogens is 268 g/mol. The van der Waals surface area contributed by atoms with Crippen LogP contribution < -0.4 is 0 Å². The average Bonchev–Trinajstić information content (AvgIpc) is 2.30. The van der Waals surface area contributed by atoms with Gasteiger partial charge in [-0.15, -0.1) is 0 Å². The Morgan fingerprint density at radius 2 is 2.12 bits per heavy atom. The molecular formula is C13H15BrO2. The summed E-state index contributed by atoms with van der Waals surface area (Å²) in [5.41, 5.74) is -0.219. The highest BCUT2D eigenvalue weighted by Gasteiger charge is 2.32. The molecule has 1 aromatic carbocycles. The molecule has 0 spiro atoms. The maximum atomic E-state index is 10.6. The van der Waals surface area contributed by atoms with Gasteiger partial charge < -0.3 is 9.84 Å². The van der Waals surface area contributed by atoms with Crippen LogP contribution in [0.2, 0.25) is 0 Å². The molecule has 0 saturated heterocycles. The van der Waals surface area contributed by atoms with Gasteiger partial charge in [0.05, 0.1) is 6.61 Å². The predicted octanol–water partition coefficient (Wildman–Crippen LogP) is 3.35. The van der Waals surface area contributed by atoms with Crippen molar-refractivity contribution in [3.63, 3.8) is 0 Å². The Bertz CT molecular complexity index is 410. The van der Waals surface area contributed by atoms with E-state index >= 15 is 0 Å². The highest BCUT2D eigenvalue weighted by molar-refractivity contribution is 9.10. The van der Waals surface area contributed by atoms with E-state index in [1.54, 1.807) is 6.92 Å². The van der Waals surface area contributed by atoms with Crippen molar-refractivity contribution in [1.82, 2.24) is 0 Å². The quantitative estimate of drug-likeness (QED) is 0.902. The summed E-state index contributed by atoms with van der Waals surface area (Å²) in [7, 11) is 0. The van der Waals surface area contributed by atoms with Crippen LogP contribution in [0.1, 0.15) is 25.3 Å². The Morgan fingerprint density at radius 3 is 2.75 bits per heavy atom. The highest BCUT2D eigenvalue weighted by Crippen LogP contribution is 2.35. The molecule has 1 N–H and O–H groups in total. The van der Waals surface area contributed by atoms with Crippen LogP contribution in [0.3, 0.4) is 0 Å². The van der Waals surface area contributed by atoms with E-state index in [1.165, 1.54) is 0 Å². The summed E-state index contributed by atoms with van der Waals surface area (Å²) in [6.07, 6.45) is 3.97. The van der Waals surface area contributed by atoms with Crippen LogP contribution in [0.15, 0.2) is 40.6 Å². The van der Waals surface area contributed by atoms with Gasteiger partial charge in [-0.2, -0.15) is 0 Å². The fourth-order valence-electron chi connectivity index (χ4n) is 1.89. The van der Waals surface area contributed by atoms with Crippen molar-refractivity contribution >= 4 is 15.9 Å². The van der Waals surface area contributed by atoms with Gasteiger partial charge >= 0.3 is 0 Å². The Morgan fingerprint density at radius 1 is 1.38 bits per heavy atom. The van der Waals surface area contributed by atoms with Gasteiger partial charge in [-0.1, -0.05) is 34.1 Å². The normalized spacial score (nSPS) is 19.6. The summed E-state index contributed by atoms with van der Waals surface area (Å²) in [6, 6.07) is 7.67.